The van der Waals surface area contributed by atoms with Crippen molar-refractivity contribution < 1.29 is 19.1 Å². The number of aromatic nitrogens is 2. The smallest absolute Gasteiger partial charge is 0.332 e. The molecular weight excluding hydrogens is 383 g/mol. The van der Waals surface area contributed by atoms with Crippen molar-refractivity contribution in [2.45, 2.75) is 33.8 Å². The summed E-state index contributed by atoms with van der Waals surface area (Å²) in [5.74, 6) is -1.74. The molecule has 0 aliphatic heterocycles. The fourth-order valence-electron chi connectivity index (χ4n) is 2.32. The van der Waals surface area contributed by atoms with E-state index in [2.05, 4.69) is 5.32 Å². The van der Waals surface area contributed by atoms with E-state index in [-0.39, 0.29) is 18.1 Å². The number of nitrogens with zero attached hydrogens (tertiary/aromatic N) is 2. The lowest BCUT2D eigenvalue weighted by Crippen LogP contribution is -2.43. The fraction of sp³-hybridized carbons (Fsp3) is 0.421. The molecule has 0 spiro atoms. The monoisotopic (exact) mass is 410 g/mol. The van der Waals surface area contributed by atoms with E-state index in [0.717, 1.165) is 9.13 Å². The number of hydrogen-bond donors (Lipinski definition) is 3. The number of carbonyl (C=O) groups is 1. The second kappa shape index (κ2) is 10.5. The van der Waals surface area contributed by atoms with Crippen molar-refractivity contribution in [3.63, 3.8) is 0 Å². The van der Waals surface area contributed by atoms with Gasteiger partial charge >= 0.3 is 5.69 Å². The summed E-state index contributed by atoms with van der Waals surface area (Å²) < 4.78 is 16.0. The average Bonchev–Trinajstić information content (AvgIpc) is 2.67. The zero-order chi connectivity index (χ0) is 22.3. The number of halogens is 1. The predicted octanol–water partition coefficient (Wildman–Crippen LogP) is 1.34. The van der Waals surface area contributed by atoms with E-state index < -0.39 is 34.6 Å². The highest BCUT2D eigenvalue weighted by atomic mass is 19.1. The molecule has 0 saturated heterocycles. The van der Waals surface area contributed by atoms with E-state index >= 15 is 0 Å². The zero-order valence-electron chi connectivity index (χ0n) is 17.4. The predicted molar refractivity (Wildman–Crippen MR) is 108 cm³/mol. The van der Waals surface area contributed by atoms with Gasteiger partial charge in [0.2, 0.25) is 0 Å². The first kappa shape index (κ1) is 24.1. The number of benzene rings is 1. The molecule has 1 atom stereocenters. The van der Waals surface area contributed by atoms with E-state index in [0.29, 0.717) is 5.56 Å². The molecule has 3 N–H and O–H groups in total. The van der Waals surface area contributed by atoms with Crippen LogP contribution in [-0.2, 0) is 18.9 Å². The van der Waals surface area contributed by atoms with Gasteiger partial charge in [-0.15, -0.1) is 0 Å². The maximum Gasteiger partial charge on any atom is 0.332 e. The minimum Gasteiger partial charge on any atom is -0.391 e. The number of aliphatic hydroxyl groups excluding tert-OH is 1. The van der Waals surface area contributed by atoms with Crippen molar-refractivity contribution in [1.29, 1.82) is 0 Å². The first-order valence-corrected chi connectivity index (χ1v) is 9.06. The Hall–Kier alpha value is -2.98. The highest BCUT2D eigenvalue weighted by Crippen LogP contribution is 2.21. The van der Waals surface area contributed by atoms with E-state index in [9.17, 15) is 23.9 Å². The van der Waals surface area contributed by atoms with Gasteiger partial charge in [0.15, 0.2) is 0 Å². The van der Waals surface area contributed by atoms with Crippen molar-refractivity contribution in [3.8, 4) is 0 Å². The molecule has 1 aromatic heterocycles. The number of hydroxylamine groups is 1. The lowest BCUT2D eigenvalue weighted by Gasteiger charge is -2.17. The van der Waals surface area contributed by atoms with Crippen LogP contribution in [0.25, 0.3) is 0 Å². The molecule has 10 heteroatoms. The second-order valence-corrected chi connectivity index (χ2v) is 6.13. The Morgan fingerprint density at radius 2 is 1.86 bits per heavy atom. The molecule has 0 bridgehead atoms. The van der Waals surface area contributed by atoms with Crippen LogP contribution in [-0.4, -0.2) is 32.9 Å². The summed E-state index contributed by atoms with van der Waals surface area (Å²) >= 11 is 0. The number of carbonyl (C=O) groups excluding carboxylic acids is 1. The molecule has 0 aliphatic carbocycles. The van der Waals surface area contributed by atoms with Crippen LogP contribution < -0.4 is 22.0 Å². The van der Waals surface area contributed by atoms with Gasteiger partial charge in [-0.3, -0.25) is 23.6 Å². The number of hydrogen-bond acceptors (Lipinski definition) is 6. The Bertz CT molecular complexity index is 982. The zero-order valence-corrected chi connectivity index (χ0v) is 17.4. The third kappa shape index (κ3) is 5.75. The summed E-state index contributed by atoms with van der Waals surface area (Å²) in [5.41, 5.74) is 0.683. The molecule has 0 fully saturated rings. The molecular formula is C19H27FN4O5. The Morgan fingerprint density at radius 3 is 2.41 bits per heavy atom. The quantitative estimate of drug-likeness (QED) is 0.620. The first-order chi connectivity index (χ1) is 13.6. The normalized spacial score (nSPS) is 11.3. The average molecular weight is 410 g/mol. The fourth-order valence-corrected chi connectivity index (χ4v) is 2.32. The molecule has 1 heterocycles. The third-order valence-electron chi connectivity index (χ3n) is 3.76. The van der Waals surface area contributed by atoms with Gasteiger partial charge < -0.3 is 10.4 Å². The topological polar surface area (TPSA) is 115 Å². The van der Waals surface area contributed by atoms with Crippen LogP contribution in [0.3, 0.4) is 0 Å². The van der Waals surface area contributed by atoms with Gasteiger partial charge in [-0.2, -0.15) is 0 Å². The van der Waals surface area contributed by atoms with Gasteiger partial charge in [0.25, 0.3) is 11.5 Å². The van der Waals surface area contributed by atoms with Crippen molar-refractivity contribution in [1.82, 2.24) is 14.6 Å². The number of aryl methyl sites for hydroxylation is 1. The minimum atomic E-state index is -0.943. The summed E-state index contributed by atoms with van der Waals surface area (Å²) in [6, 6.07) is 4.33. The number of anilines is 2. The summed E-state index contributed by atoms with van der Waals surface area (Å²) in [4.78, 5) is 42.0. The van der Waals surface area contributed by atoms with Gasteiger partial charge in [-0.25, -0.2) is 14.7 Å². The number of nitrogens with one attached hydrogen (secondary N) is 2. The van der Waals surface area contributed by atoms with Crippen LogP contribution in [0, 0.1) is 12.7 Å². The molecule has 1 aromatic carbocycles. The van der Waals surface area contributed by atoms with E-state index in [1.54, 1.807) is 13.0 Å². The Morgan fingerprint density at radius 1 is 1.24 bits per heavy atom. The van der Waals surface area contributed by atoms with E-state index in [1.165, 1.54) is 33.2 Å². The van der Waals surface area contributed by atoms with Crippen LogP contribution in [0.4, 0.5) is 15.9 Å². The highest BCUT2D eigenvalue weighted by Gasteiger charge is 2.23. The van der Waals surface area contributed by atoms with Crippen LogP contribution >= 0.6 is 0 Å². The van der Waals surface area contributed by atoms with Crippen LogP contribution in [0.2, 0.25) is 0 Å². The van der Waals surface area contributed by atoms with Crippen molar-refractivity contribution in [2.24, 2.45) is 14.1 Å². The maximum atomic E-state index is 14.2. The van der Waals surface area contributed by atoms with Crippen LogP contribution in [0.15, 0.2) is 27.8 Å². The lowest BCUT2D eigenvalue weighted by molar-refractivity contribution is -0.00696. The molecule has 160 valence electrons. The number of rotatable bonds is 6. The third-order valence-corrected chi connectivity index (χ3v) is 3.76. The van der Waals surface area contributed by atoms with Gasteiger partial charge in [0, 0.05) is 14.1 Å². The Labute approximate surface area is 167 Å². The van der Waals surface area contributed by atoms with Crippen LogP contribution in [0.5, 0.6) is 0 Å². The van der Waals surface area contributed by atoms with Crippen molar-refractivity contribution in [3.05, 3.63) is 56.0 Å². The molecule has 0 radical (unpaired) electrons. The van der Waals surface area contributed by atoms with Gasteiger partial charge in [0.1, 0.15) is 23.8 Å². The summed E-state index contributed by atoms with van der Waals surface area (Å²) in [5, 5.41) is 11.8. The van der Waals surface area contributed by atoms with Crippen molar-refractivity contribution >= 4 is 17.4 Å². The molecule has 9 nitrogen and oxygen atoms in total. The minimum absolute atomic E-state index is 0.0113. The van der Waals surface area contributed by atoms with Gasteiger partial charge in [-0.05, 0) is 31.5 Å². The molecule has 29 heavy (non-hydrogen) atoms. The summed E-state index contributed by atoms with van der Waals surface area (Å²) in [6.45, 7) is 6.96. The molecule has 1 amide bonds. The van der Waals surface area contributed by atoms with E-state index in [4.69, 9.17) is 4.84 Å². The Kier molecular flexibility index (Phi) is 8.74. The van der Waals surface area contributed by atoms with Gasteiger partial charge in [-0.1, -0.05) is 19.9 Å². The molecule has 1 unspecified atom stereocenters. The first-order valence-electron chi connectivity index (χ1n) is 9.06. The SMILES string of the molecule is CC.Cc1ccc(Nc2c(C(=O)NOCC(C)O)c(=O)n(C)c(=O)n2C)c(F)c1. The van der Waals surface area contributed by atoms with Crippen LogP contribution in [0.1, 0.15) is 36.7 Å². The highest BCUT2D eigenvalue weighted by molar-refractivity contribution is 5.98. The number of amides is 1. The molecule has 2 aromatic rings. The standard InChI is InChI=1S/C17H21FN4O5.C2H6/c1-9-5-6-12(11(18)7-9)19-14-13(15(24)20-27-8-10(2)23)16(25)22(4)17(26)21(14)3;1-2/h5-7,10,19,23H,8H2,1-4H3,(H,20,24);1-2H3. The Balaban J connectivity index is 0.00000204. The lowest BCUT2D eigenvalue weighted by atomic mass is 10.2. The van der Waals surface area contributed by atoms with Gasteiger partial charge in [0.05, 0.1) is 11.8 Å². The van der Waals surface area contributed by atoms with Crippen molar-refractivity contribution in [2.75, 3.05) is 11.9 Å². The number of aliphatic hydroxyl groups is 1. The maximum absolute atomic E-state index is 14.2. The molecule has 2 rings (SSSR count). The second-order valence-electron chi connectivity index (χ2n) is 6.13. The van der Waals surface area contributed by atoms with E-state index in [1.807, 2.05) is 19.3 Å². The molecule has 0 aliphatic rings. The largest absolute Gasteiger partial charge is 0.391 e. The summed E-state index contributed by atoms with van der Waals surface area (Å²) in [7, 11) is 2.55. The summed E-state index contributed by atoms with van der Waals surface area (Å²) in [6.07, 6.45) is -0.840. The molecule has 0 saturated carbocycles.